The van der Waals surface area contributed by atoms with Crippen LogP contribution in [0.5, 0.6) is 0 Å². The van der Waals surface area contributed by atoms with E-state index in [4.69, 9.17) is 0 Å². The summed E-state index contributed by atoms with van der Waals surface area (Å²) >= 11 is 0. The van der Waals surface area contributed by atoms with Gasteiger partial charge in [-0.05, 0) is 6.42 Å². The standard InChI is InChI=1S/C9H13B.C4H11NO/c1-3-8(2)9-6-4-5-7-10-9;1-3-4-5-6-2/h4-8H,3H2,1-2H3;5H,3-4H2,1-2H3. The van der Waals surface area contributed by atoms with Crippen LogP contribution in [0.15, 0.2) is 24.2 Å². The van der Waals surface area contributed by atoms with E-state index < -0.39 is 0 Å². The average Bonchev–Trinajstić information content (AvgIpc) is 2.37. The molecule has 2 nitrogen and oxygen atoms in total. The van der Waals surface area contributed by atoms with Crippen LogP contribution < -0.4 is 5.48 Å². The largest absolute Gasteiger partial charge is 0.305 e. The molecule has 16 heavy (non-hydrogen) atoms. The molecule has 1 atom stereocenters. The van der Waals surface area contributed by atoms with Gasteiger partial charge in [-0.25, -0.2) is 5.48 Å². The van der Waals surface area contributed by atoms with Gasteiger partial charge in [0.2, 0.25) is 0 Å². The summed E-state index contributed by atoms with van der Waals surface area (Å²) in [6.07, 6.45) is 2.35. The van der Waals surface area contributed by atoms with E-state index in [0.717, 1.165) is 13.0 Å². The van der Waals surface area contributed by atoms with E-state index >= 15 is 0 Å². The van der Waals surface area contributed by atoms with Crippen LogP contribution in [0.4, 0.5) is 0 Å². The fourth-order valence-corrected chi connectivity index (χ4v) is 1.22. The molecule has 1 aromatic heterocycles. The zero-order chi connectivity index (χ0) is 12.2. The third kappa shape index (κ3) is 7.60. The fourth-order valence-electron chi connectivity index (χ4n) is 1.22. The molecule has 0 aliphatic heterocycles. The molecule has 0 spiro atoms. The number of rotatable bonds is 5. The molecule has 1 rings (SSSR count). The molecule has 0 fully saturated rings. The summed E-state index contributed by atoms with van der Waals surface area (Å²) in [5.74, 6) is 2.81. The molecule has 90 valence electrons. The van der Waals surface area contributed by atoms with Crippen molar-refractivity contribution in [2.75, 3.05) is 13.7 Å². The third-order valence-corrected chi connectivity index (χ3v) is 2.48. The minimum Gasteiger partial charge on any atom is -0.305 e. The number of hydroxylamine groups is 1. The summed E-state index contributed by atoms with van der Waals surface area (Å²) in [4.78, 5) is 4.53. The van der Waals surface area contributed by atoms with Crippen LogP contribution in [0.2, 0.25) is 0 Å². The van der Waals surface area contributed by atoms with Gasteiger partial charge >= 0.3 is 62.7 Å². The van der Waals surface area contributed by atoms with Crippen molar-refractivity contribution in [2.24, 2.45) is 0 Å². The van der Waals surface area contributed by atoms with Gasteiger partial charge in [0.15, 0.2) is 0 Å². The Morgan fingerprint density at radius 1 is 1.38 bits per heavy atom. The van der Waals surface area contributed by atoms with E-state index in [-0.39, 0.29) is 0 Å². The smallest absolute Gasteiger partial charge is 0.0572 e. The molecule has 0 saturated carbocycles. The number of hydrogen-bond acceptors (Lipinski definition) is 2. The molecule has 0 saturated heterocycles. The van der Waals surface area contributed by atoms with Gasteiger partial charge in [-0.1, -0.05) is 6.92 Å². The van der Waals surface area contributed by atoms with Crippen molar-refractivity contribution in [2.45, 2.75) is 39.5 Å². The normalized spacial score (nSPS) is 11.2. The third-order valence-electron chi connectivity index (χ3n) is 2.48. The first-order valence-corrected chi connectivity index (χ1v) is 6.07. The van der Waals surface area contributed by atoms with E-state index in [1.165, 1.54) is 11.9 Å². The molecule has 0 aromatic carbocycles. The fraction of sp³-hybridized carbons (Fsp3) is 0.615. The molecule has 0 bridgehead atoms. The molecule has 3 heteroatoms. The Kier molecular flexibility index (Phi) is 10.4. The Morgan fingerprint density at radius 3 is 2.50 bits per heavy atom. The SMILES string of the molecule is CCC(C)c1bcccc1.CCCNOC. The molecule has 0 aliphatic carbocycles. The van der Waals surface area contributed by atoms with Crippen LogP contribution in [0.3, 0.4) is 0 Å². The predicted molar refractivity (Wildman–Crippen MR) is 71.8 cm³/mol. The molecule has 1 unspecified atom stereocenters. The first-order chi connectivity index (χ1) is 7.76. The number of nitrogens with one attached hydrogen (secondary N) is 1. The minimum absolute atomic E-state index is 0.709. The monoisotopic (exact) mass is 221 g/mol. The predicted octanol–water partition coefficient (Wildman–Crippen LogP) is 3.09. The summed E-state index contributed by atoms with van der Waals surface area (Å²) in [6.45, 7) is 9.70. The van der Waals surface area contributed by atoms with E-state index in [0.29, 0.717) is 5.92 Å². The zero-order valence-electron chi connectivity index (χ0n) is 11.0. The topological polar surface area (TPSA) is 21.3 Å². The van der Waals surface area contributed by atoms with E-state index in [1.54, 1.807) is 7.11 Å². The Labute approximate surface area is 101 Å². The van der Waals surface area contributed by atoms with Crippen LogP contribution in [0, 0.1) is 0 Å². The van der Waals surface area contributed by atoms with E-state index in [9.17, 15) is 0 Å². The van der Waals surface area contributed by atoms with Crippen molar-refractivity contribution < 1.29 is 4.84 Å². The van der Waals surface area contributed by atoms with Gasteiger partial charge in [0.1, 0.15) is 0 Å². The summed E-state index contributed by atoms with van der Waals surface area (Å²) in [5.41, 5.74) is 4.15. The summed E-state index contributed by atoms with van der Waals surface area (Å²) in [6, 6.07) is 6.35. The molecule has 1 heterocycles. The molecule has 0 radical (unpaired) electrons. The van der Waals surface area contributed by atoms with Crippen molar-refractivity contribution in [3.63, 3.8) is 0 Å². The van der Waals surface area contributed by atoms with Gasteiger partial charge in [0.05, 0.1) is 7.11 Å². The van der Waals surface area contributed by atoms with Crippen LogP contribution in [-0.2, 0) is 4.84 Å². The van der Waals surface area contributed by atoms with Gasteiger partial charge < -0.3 is 4.84 Å². The van der Waals surface area contributed by atoms with Crippen LogP contribution in [0.1, 0.15) is 45.0 Å². The molecule has 0 amide bonds. The maximum Gasteiger partial charge on any atom is 0.0572 e. The first-order valence-electron chi connectivity index (χ1n) is 6.07. The minimum atomic E-state index is 0.709. The Morgan fingerprint density at radius 2 is 2.12 bits per heavy atom. The van der Waals surface area contributed by atoms with Gasteiger partial charge in [-0.3, -0.25) is 0 Å². The van der Waals surface area contributed by atoms with Crippen molar-refractivity contribution in [1.82, 2.24) is 5.48 Å². The Bertz CT molecular complexity index is 237. The zero-order valence-corrected chi connectivity index (χ0v) is 11.0. The van der Waals surface area contributed by atoms with Crippen molar-refractivity contribution in [1.29, 1.82) is 0 Å². The average molecular weight is 221 g/mol. The second-order valence-electron chi connectivity index (χ2n) is 3.82. The van der Waals surface area contributed by atoms with E-state index in [2.05, 4.69) is 62.2 Å². The Hall–Kier alpha value is -0.665. The quantitative estimate of drug-likeness (QED) is 0.609. The van der Waals surface area contributed by atoms with Gasteiger partial charge in [-0.15, -0.1) is 0 Å². The summed E-state index contributed by atoms with van der Waals surface area (Å²) in [7, 11) is 1.62. The molecule has 1 aromatic rings. The van der Waals surface area contributed by atoms with Crippen LogP contribution in [0.25, 0.3) is 0 Å². The van der Waals surface area contributed by atoms with Gasteiger partial charge in [0.25, 0.3) is 0 Å². The van der Waals surface area contributed by atoms with Crippen molar-refractivity contribution in [3.05, 3.63) is 29.6 Å². The molecule has 0 aliphatic rings. The summed E-state index contributed by atoms with van der Waals surface area (Å²) in [5, 5.41) is 0. The maximum absolute atomic E-state index is 4.53. The van der Waals surface area contributed by atoms with Crippen molar-refractivity contribution >= 4 is 6.91 Å². The second kappa shape index (κ2) is 10.8. The van der Waals surface area contributed by atoms with Gasteiger partial charge in [0, 0.05) is 6.54 Å². The van der Waals surface area contributed by atoms with Crippen molar-refractivity contribution in [3.8, 4) is 0 Å². The second-order valence-corrected chi connectivity index (χ2v) is 3.82. The van der Waals surface area contributed by atoms with E-state index in [1.807, 2.05) is 0 Å². The summed E-state index contributed by atoms with van der Waals surface area (Å²) < 4.78 is 0. The molecular weight excluding hydrogens is 197 g/mol. The molecule has 1 N–H and O–H groups in total. The number of hydrogen-bond donors (Lipinski definition) is 1. The molecular formula is C13H24BNO. The van der Waals surface area contributed by atoms with Crippen LogP contribution in [-0.4, -0.2) is 20.6 Å². The van der Waals surface area contributed by atoms with Crippen LogP contribution >= 0.6 is 0 Å². The maximum atomic E-state index is 4.53. The van der Waals surface area contributed by atoms with Gasteiger partial charge in [-0.2, -0.15) is 0 Å². The Balaban J connectivity index is 0.000000325. The first kappa shape index (κ1) is 15.3.